The summed E-state index contributed by atoms with van der Waals surface area (Å²) >= 11 is 0. The molecule has 1 atom stereocenters. The van der Waals surface area contributed by atoms with Gasteiger partial charge in [0.1, 0.15) is 5.82 Å². The fourth-order valence-electron chi connectivity index (χ4n) is 1.77. The molecule has 0 unspecified atom stereocenters. The van der Waals surface area contributed by atoms with Crippen molar-refractivity contribution in [2.75, 3.05) is 5.73 Å². The van der Waals surface area contributed by atoms with Crippen LogP contribution in [-0.4, -0.2) is 16.1 Å². The summed E-state index contributed by atoms with van der Waals surface area (Å²) in [5, 5.41) is 8.87. The lowest BCUT2D eigenvalue weighted by Gasteiger charge is -2.04. The van der Waals surface area contributed by atoms with Crippen LogP contribution in [-0.2, 0) is 11.2 Å². The van der Waals surface area contributed by atoms with Crippen LogP contribution in [0.3, 0.4) is 0 Å². The zero-order valence-corrected chi connectivity index (χ0v) is 7.03. The van der Waals surface area contributed by atoms with E-state index in [1.54, 1.807) is 12.3 Å². The van der Waals surface area contributed by atoms with Crippen LogP contribution in [0.5, 0.6) is 0 Å². The van der Waals surface area contributed by atoms with E-state index in [0.29, 0.717) is 12.2 Å². The minimum atomic E-state index is -0.773. The van der Waals surface area contributed by atoms with Crippen molar-refractivity contribution in [1.29, 1.82) is 0 Å². The molecule has 0 fully saturated rings. The molecule has 1 heterocycles. The summed E-state index contributed by atoms with van der Waals surface area (Å²) in [6.07, 6.45) is 3.03. The summed E-state index contributed by atoms with van der Waals surface area (Å²) in [6, 6.07) is 1.76. The molecule has 68 valence electrons. The number of rotatable bonds is 1. The number of pyridine rings is 1. The highest BCUT2D eigenvalue weighted by atomic mass is 16.4. The zero-order valence-electron chi connectivity index (χ0n) is 7.03. The van der Waals surface area contributed by atoms with E-state index in [2.05, 4.69) is 4.98 Å². The number of nitrogens with zero attached hydrogens (tertiary/aromatic N) is 1. The Labute approximate surface area is 75.4 Å². The summed E-state index contributed by atoms with van der Waals surface area (Å²) in [6.45, 7) is 0. The number of aliphatic carboxylic acids is 1. The Morgan fingerprint density at radius 2 is 2.46 bits per heavy atom. The smallest absolute Gasteiger partial charge is 0.311 e. The molecular formula is C9H10N2O2. The number of fused-ring (bicyclic) bond motifs is 1. The van der Waals surface area contributed by atoms with Crippen molar-refractivity contribution in [3.8, 4) is 0 Å². The van der Waals surface area contributed by atoms with Crippen LogP contribution in [0.1, 0.15) is 23.5 Å². The molecule has 1 aliphatic carbocycles. The molecule has 0 radical (unpaired) electrons. The van der Waals surface area contributed by atoms with Crippen LogP contribution in [0.15, 0.2) is 12.3 Å². The molecule has 1 aromatic heterocycles. The number of hydrogen-bond acceptors (Lipinski definition) is 3. The summed E-state index contributed by atoms with van der Waals surface area (Å²) in [4.78, 5) is 14.7. The van der Waals surface area contributed by atoms with E-state index in [1.165, 1.54) is 0 Å². The highest BCUT2D eigenvalue weighted by Gasteiger charge is 2.28. The lowest BCUT2D eigenvalue weighted by Crippen LogP contribution is -2.08. The highest BCUT2D eigenvalue weighted by molar-refractivity contribution is 5.77. The van der Waals surface area contributed by atoms with Crippen molar-refractivity contribution >= 4 is 11.8 Å². The average Bonchev–Trinajstić information content (AvgIpc) is 2.46. The first kappa shape index (κ1) is 8.04. The molecule has 3 N–H and O–H groups in total. The quantitative estimate of drug-likeness (QED) is 0.666. The number of carboxylic acids is 1. The summed E-state index contributed by atoms with van der Waals surface area (Å²) in [5.41, 5.74) is 7.34. The highest BCUT2D eigenvalue weighted by Crippen LogP contribution is 2.33. The van der Waals surface area contributed by atoms with Gasteiger partial charge in [0.15, 0.2) is 0 Å². The first-order valence-corrected chi connectivity index (χ1v) is 4.15. The van der Waals surface area contributed by atoms with Gasteiger partial charge in [-0.1, -0.05) is 0 Å². The number of anilines is 1. The van der Waals surface area contributed by atoms with Gasteiger partial charge in [0.2, 0.25) is 0 Å². The minimum Gasteiger partial charge on any atom is -0.481 e. The Morgan fingerprint density at radius 1 is 1.69 bits per heavy atom. The van der Waals surface area contributed by atoms with Crippen molar-refractivity contribution < 1.29 is 9.90 Å². The Hall–Kier alpha value is -1.58. The molecule has 13 heavy (non-hydrogen) atoms. The van der Waals surface area contributed by atoms with Gasteiger partial charge in [-0.15, -0.1) is 0 Å². The Morgan fingerprint density at radius 3 is 3.15 bits per heavy atom. The van der Waals surface area contributed by atoms with E-state index in [4.69, 9.17) is 10.8 Å². The second-order valence-electron chi connectivity index (χ2n) is 3.24. The van der Waals surface area contributed by atoms with Crippen molar-refractivity contribution in [2.24, 2.45) is 0 Å². The maximum atomic E-state index is 10.8. The molecule has 0 bridgehead atoms. The Balaban J connectivity index is 2.44. The Kier molecular flexibility index (Phi) is 1.69. The predicted molar refractivity (Wildman–Crippen MR) is 47.3 cm³/mol. The van der Waals surface area contributed by atoms with Crippen LogP contribution >= 0.6 is 0 Å². The lowest BCUT2D eigenvalue weighted by molar-refractivity contribution is -0.138. The second kappa shape index (κ2) is 2.73. The van der Waals surface area contributed by atoms with Crippen LogP contribution in [0.4, 0.5) is 5.82 Å². The van der Waals surface area contributed by atoms with E-state index >= 15 is 0 Å². The van der Waals surface area contributed by atoms with Crippen LogP contribution < -0.4 is 5.73 Å². The fourth-order valence-corrected chi connectivity index (χ4v) is 1.77. The maximum Gasteiger partial charge on any atom is 0.311 e. The number of aromatic nitrogens is 1. The van der Waals surface area contributed by atoms with E-state index in [-0.39, 0.29) is 5.92 Å². The maximum absolute atomic E-state index is 10.8. The molecule has 4 nitrogen and oxygen atoms in total. The molecule has 0 saturated carbocycles. The molecule has 0 aromatic carbocycles. The van der Waals surface area contributed by atoms with Crippen molar-refractivity contribution in [1.82, 2.24) is 4.98 Å². The molecular weight excluding hydrogens is 168 g/mol. The number of carboxylic acid groups (broad SMARTS) is 1. The van der Waals surface area contributed by atoms with Gasteiger partial charge >= 0.3 is 5.97 Å². The lowest BCUT2D eigenvalue weighted by atomic mass is 10.0. The van der Waals surface area contributed by atoms with Gasteiger partial charge in [0, 0.05) is 6.20 Å². The van der Waals surface area contributed by atoms with Gasteiger partial charge in [0.05, 0.1) is 5.92 Å². The molecule has 2 rings (SSSR count). The number of nitrogen functional groups attached to an aromatic ring is 1. The monoisotopic (exact) mass is 178 g/mol. The van der Waals surface area contributed by atoms with Gasteiger partial charge < -0.3 is 10.8 Å². The Bertz CT molecular complexity index is 363. The van der Waals surface area contributed by atoms with Crippen molar-refractivity contribution in [3.63, 3.8) is 0 Å². The number of hydrogen-bond donors (Lipinski definition) is 2. The molecule has 1 aliphatic rings. The summed E-state index contributed by atoms with van der Waals surface area (Å²) in [7, 11) is 0. The third kappa shape index (κ3) is 1.24. The number of carbonyl (C=O) groups is 1. The van der Waals surface area contributed by atoms with Gasteiger partial charge in [-0.2, -0.15) is 0 Å². The van der Waals surface area contributed by atoms with E-state index in [1.807, 2.05) is 0 Å². The minimum absolute atomic E-state index is 0.386. The fraction of sp³-hybridized carbons (Fsp3) is 0.333. The van der Waals surface area contributed by atoms with Gasteiger partial charge in [-0.3, -0.25) is 4.79 Å². The van der Waals surface area contributed by atoms with E-state index < -0.39 is 5.97 Å². The van der Waals surface area contributed by atoms with Crippen LogP contribution in [0.2, 0.25) is 0 Å². The van der Waals surface area contributed by atoms with Gasteiger partial charge in [-0.25, -0.2) is 4.98 Å². The normalized spacial score (nSPS) is 19.8. The molecule has 4 heteroatoms. The van der Waals surface area contributed by atoms with Crippen LogP contribution in [0.25, 0.3) is 0 Å². The first-order chi connectivity index (χ1) is 6.18. The van der Waals surface area contributed by atoms with Gasteiger partial charge in [-0.05, 0) is 30.0 Å². The SMILES string of the molecule is Nc1cc2c(cn1)[C@@H](C(=O)O)CC2. The second-order valence-corrected chi connectivity index (χ2v) is 3.24. The molecule has 1 aromatic rings. The molecule has 0 amide bonds. The van der Waals surface area contributed by atoms with Crippen molar-refractivity contribution in [2.45, 2.75) is 18.8 Å². The van der Waals surface area contributed by atoms with E-state index in [0.717, 1.165) is 17.5 Å². The van der Waals surface area contributed by atoms with E-state index in [9.17, 15) is 4.79 Å². The largest absolute Gasteiger partial charge is 0.481 e. The first-order valence-electron chi connectivity index (χ1n) is 4.15. The third-order valence-electron chi connectivity index (χ3n) is 2.42. The molecule has 0 aliphatic heterocycles. The number of aryl methyl sites for hydroxylation is 1. The van der Waals surface area contributed by atoms with Gasteiger partial charge in [0.25, 0.3) is 0 Å². The van der Waals surface area contributed by atoms with Crippen LogP contribution in [0, 0.1) is 0 Å². The molecule has 0 spiro atoms. The number of nitrogens with two attached hydrogens (primary N) is 1. The third-order valence-corrected chi connectivity index (χ3v) is 2.42. The summed E-state index contributed by atoms with van der Waals surface area (Å²) < 4.78 is 0. The average molecular weight is 178 g/mol. The van der Waals surface area contributed by atoms with Crippen molar-refractivity contribution in [3.05, 3.63) is 23.4 Å². The zero-order chi connectivity index (χ0) is 9.42. The molecule has 0 saturated heterocycles. The topological polar surface area (TPSA) is 76.2 Å². The predicted octanol–water partition coefficient (Wildman–Crippen LogP) is 0.778. The summed E-state index contributed by atoms with van der Waals surface area (Å²) in [5.74, 6) is -0.696. The standard InChI is InChI=1S/C9H10N2O2/c10-8-3-5-1-2-6(9(12)13)7(5)4-11-8/h3-4,6H,1-2H2,(H2,10,11)(H,12,13)/t6-/m0/s1.